The molecule has 0 saturated heterocycles. The average molecular weight is 249 g/mol. The van der Waals surface area contributed by atoms with E-state index in [1.807, 2.05) is 20.9 Å². The van der Waals surface area contributed by atoms with Gasteiger partial charge in [-0.2, -0.15) is 0 Å². The van der Waals surface area contributed by atoms with Gasteiger partial charge in [-0.05, 0) is 46.1 Å². The standard InChI is InChI=1S/C13H25F2NO/c1-12(2,17-4)11(16-3)8-10-6-5-7-13(14,15)9-10/h10-11,16H,5-9H2,1-4H3. The summed E-state index contributed by atoms with van der Waals surface area (Å²) in [6.07, 6.45) is 2.40. The van der Waals surface area contributed by atoms with Crippen LogP contribution in [0.4, 0.5) is 8.78 Å². The second kappa shape index (κ2) is 5.61. The molecule has 1 aliphatic rings. The van der Waals surface area contributed by atoms with Crippen LogP contribution in [0.1, 0.15) is 46.0 Å². The molecule has 0 bridgehead atoms. The quantitative estimate of drug-likeness (QED) is 0.807. The van der Waals surface area contributed by atoms with Crippen LogP contribution in [0.5, 0.6) is 0 Å². The third-order valence-corrected chi connectivity index (χ3v) is 4.03. The first-order chi connectivity index (χ1) is 7.80. The van der Waals surface area contributed by atoms with Crippen LogP contribution in [0.25, 0.3) is 0 Å². The first-order valence-corrected chi connectivity index (χ1v) is 6.41. The van der Waals surface area contributed by atoms with E-state index in [4.69, 9.17) is 4.74 Å². The number of ether oxygens (including phenoxy) is 1. The SMILES string of the molecule is CNC(CC1CCCC(F)(F)C1)C(C)(C)OC. The first kappa shape index (κ1) is 14.8. The molecule has 17 heavy (non-hydrogen) atoms. The summed E-state index contributed by atoms with van der Waals surface area (Å²) in [6.45, 7) is 3.99. The van der Waals surface area contributed by atoms with Crippen LogP contribution in [0.3, 0.4) is 0 Å². The number of hydrogen-bond donors (Lipinski definition) is 1. The van der Waals surface area contributed by atoms with E-state index in [0.29, 0.717) is 6.42 Å². The van der Waals surface area contributed by atoms with Crippen LogP contribution in [0.2, 0.25) is 0 Å². The normalized spacial score (nSPS) is 26.8. The predicted molar refractivity (Wildman–Crippen MR) is 65.5 cm³/mol. The van der Waals surface area contributed by atoms with Crippen molar-refractivity contribution in [2.24, 2.45) is 5.92 Å². The van der Waals surface area contributed by atoms with Crippen LogP contribution in [0, 0.1) is 5.92 Å². The van der Waals surface area contributed by atoms with Gasteiger partial charge in [0.15, 0.2) is 0 Å². The van der Waals surface area contributed by atoms with Crippen molar-refractivity contribution in [3.05, 3.63) is 0 Å². The number of likely N-dealkylation sites (N-methyl/N-ethyl adjacent to an activating group) is 1. The Balaban J connectivity index is 2.57. The van der Waals surface area contributed by atoms with Crippen molar-refractivity contribution in [3.8, 4) is 0 Å². The number of hydrogen-bond acceptors (Lipinski definition) is 2. The van der Waals surface area contributed by atoms with Gasteiger partial charge in [0.05, 0.1) is 5.60 Å². The molecule has 2 unspecified atom stereocenters. The zero-order valence-corrected chi connectivity index (χ0v) is 11.4. The molecular weight excluding hydrogens is 224 g/mol. The third kappa shape index (κ3) is 4.18. The molecule has 1 aliphatic carbocycles. The molecular formula is C13H25F2NO. The highest BCUT2D eigenvalue weighted by molar-refractivity contribution is 4.89. The van der Waals surface area contributed by atoms with Crippen molar-refractivity contribution >= 4 is 0 Å². The van der Waals surface area contributed by atoms with E-state index < -0.39 is 5.92 Å². The Morgan fingerprint density at radius 1 is 1.47 bits per heavy atom. The largest absolute Gasteiger partial charge is 0.377 e. The number of alkyl halides is 2. The molecule has 0 aromatic rings. The summed E-state index contributed by atoms with van der Waals surface area (Å²) in [6, 6.07) is 0.117. The molecule has 0 aromatic carbocycles. The number of halogens is 2. The molecule has 0 heterocycles. The smallest absolute Gasteiger partial charge is 0.248 e. The Kier molecular flexibility index (Phi) is 4.90. The van der Waals surface area contributed by atoms with Gasteiger partial charge in [-0.3, -0.25) is 0 Å². The van der Waals surface area contributed by atoms with Crippen LogP contribution in [-0.2, 0) is 4.74 Å². The Morgan fingerprint density at radius 2 is 2.12 bits per heavy atom. The zero-order chi connectivity index (χ0) is 13.1. The zero-order valence-electron chi connectivity index (χ0n) is 11.4. The highest BCUT2D eigenvalue weighted by Crippen LogP contribution is 2.39. The van der Waals surface area contributed by atoms with E-state index in [2.05, 4.69) is 5.32 Å². The molecule has 0 aromatic heterocycles. The molecule has 4 heteroatoms. The molecule has 0 radical (unpaired) electrons. The Morgan fingerprint density at radius 3 is 2.59 bits per heavy atom. The lowest BCUT2D eigenvalue weighted by Gasteiger charge is -2.37. The van der Waals surface area contributed by atoms with Crippen molar-refractivity contribution in [1.29, 1.82) is 0 Å². The summed E-state index contributed by atoms with van der Waals surface area (Å²) in [5.74, 6) is -2.36. The number of rotatable bonds is 5. The molecule has 1 N–H and O–H groups in total. The van der Waals surface area contributed by atoms with Gasteiger partial charge in [-0.15, -0.1) is 0 Å². The second-order valence-electron chi connectivity index (χ2n) is 5.70. The minimum atomic E-state index is -2.46. The molecule has 1 rings (SSSR count). The molecule has 0 spiro atoms. The van der Waals surface area contributed by atoms with Gasteiger partial charge >= 0.3 is 0 Å². The molecule has 1 saturated carbocycles. The van der Waals surface area contributed by atoms with Gasteiger partial charge in [0, 0.05) is 26.0 Å². The molecule has 102 valence electrons. The van der Waals surface area contributed by atoms with Crippen molar-refractivity contribution in [1.82, 2.24) is 5.32 Å². The van der Waals surface area contributed by atoms with E-state index in [1.165, 1.54) is 0 Å². The van der Waals surface area contributed by atoms with Crippen molar-refractivity contribution in [3.63, 3.8) is 0 Å². The molecule has 2 atom stereocenters. The lowest BCUT2D eigenvalue weighted by molar-refractivity contribution is -0.0644. The molecule has 2 nitrogen and oxygen atoms in total. The lowest BCUT2D eigenvalue weighted by Crippen LogP contribution is -2.48. The molecule has 0 aliphatic heterocycles. The highest BCUT2D eigenvalue weighted by Gasteiger charge is 2.39. The van der Waals surface area contributed by atoms with Crippen LogP contribution < -0.4 is 5.32 Å². The fourth-order valence-corrected chi connectivity index (χ4v) is 2.70. The van der Waals surface area contributed by atoms with Gasteiger partial charge in [0.2, 0.25) is 5.92 Å². The van der Waals surface area contributed by atoms with E-state index in [-0.39, 0.29) is 30.4 Å². The van der Waals surface area contributed by atoms with Crippen LogP contribution in [-0.4, -0.2) is 31.7 Å². The minimum absolute atomic E-state index is 0.0327. The lowest BCUT2D eigenvalue weighted by atomic mass is 9.79. The van der Waals surface area contributed by atoms with Gasteiger partial charge in [-0.1, -0.05) is 0 Å². The van der Waals surface area contributed by atoms with Crippen molar-refractivity contribution in [2.75, 3.05) is 14.2 Å². The predicted octanol–water partition coefficient (Wildman–Crippen LogP) is 3.22. The summed E-state index contributed by atoms with van der Waals surface area (Å²) >= 11 is 0. The monoisotopic (exact) mass is 249 g/mol. The highest BCUT2D eigenvalue weighted by atomic mass is 19.3. The summed E-state index contributed by atoms with van der Waals surface area (Å²) in [4.78, 5) is 0. The average Bonchev–Trinajstić information content (AvgIpc) is 2.24. The molecule has 1 fully saturated rings. The Hall–Kier alpha value is -0.220. The summed E-state index contributed by atoms with van der Waals surface area (Å²) < 4.78 is 32.1. The fraction of sp³-hybridized carbons (Fsp3) is 1.00. The Labute approximate surface area is 103 Å². The maximum absolute atomic E-state index is 13.3. The first-order valence-electron chi connectivity index (χ1n) is 6.41. The van der Waals surface area contributed by atoms with E-state index in [0.717, 1.165) is 12.8 Å². The van der Waals surface area contributed by atoms with Crippen molar-refractivity contribution < 1.29 is 13.5 Å². The second-order valence-corrected chi connectivity index (χ2v) is 5.70. The van der Waals surface area contributed by atoms with E-state index >= 15 is 0 Å². The van der Waals surface area contributed by atoms with Gasteiger partial charge in [-0.25, -0.2) is 8.78 Å². The summed E-state index contributed by atoms with van der Waals surface area (Å²) in [7, 11) is 3.53. The molecule has 0 amide bonds. The number of nitrogens with one attached hydrogen (secondary N) is 1. The van der Waals surface area contributed by atoms with Crippen LogP contribution >= 0.6 is 0 Å². The third-order valence-electron chi connectivity index (χ3n) is 4.03. The topological polar surface area (TPSA) is 21.3 Å². The van der Waals surface area contributed by atoms with E-state index in [1.54, 1.807) is 7.11 Å². The summed E-state index contributed by atoms with van der Waals surface area (Å²) in [5.41, 5.74) is -0.318. The Bertz CT molecular complexity index is 244. The maximum atomic E-state index is 13.3. The number of methoxy groups -OCH3 is 1. The fourth-order valence-electron chi connectivity index (χ4n) is 2.70. The van der Waals surface area contributed by atoms with E-state index in [9.17, 15) is 8.78 Å². The summed E-state index contributed by atoms with van der Waals surface area (Å²) in [5, 5.41) is 3.20. The van der Waals surface area contributed by atoms with Gasteiger partial charge in [0.25, 0.3) is 0 Å². The van der Waals surface area contributed by atoms with Gasteiger partial charge < -0.3 is 10.1 Å². The van der Waals surface area contributed by atoms with Crippen LogP contribution in [0.15, 0.2) is 0 Å². The van der Waals surface area contributed by atoms with Gasteiger partial charge in [0.1, 0.15) is 0 Å². The minimum Gasteiger partial charge on any atom is -0.377 e. The van der Waals surface area contributed by atoms with Crippen molar-refractivity contribution in [2.45, 2.75) is 63.5 Å². The maximum Gasteiger partial charge on any atom is 0.248 e.